The Balaban J connectivity index is 2.05. The number of aromatic nitrogens is 1. The number of halogens is 2. The summed E-state index contributed by atoms with van der Waals surface area (Å²) in [6, 6.07) is 10.9. The summed E-state index contributed by atoms with van der Waals surface area (Å²) in [7, 11) is -3.97. The monoisotopic (exact) mass is 367 g/mol. The lowest BCUT2D eigenvalue weighted by atomic mass is 10.2. The van der Waals surface area contributed by atoms with Crippen LogP contribution in [0.25, 0.3) is 10.9 Å². The van der Waals surface area contributed by atoms with Gasteiger partial charge in [0, 0.05) is 27.7 Å². The highest BCUT2D eigenvalue weighted by atomic mass is 35.5. The Morgan fingerprint density at radius 1 is 1.04 bits per heavy atom. The van der Waals surface area contributed by atoms with E-state index in [0.29, 0.717) is 26.5 Å². The van der Waals surface area contributed by atoms with E-state index in [-0.39, 0.29) is 10.6 Å². The number of benzene rings is 2. The topological polar surface area (TPSA) is 56.3 Å². The van der Waals surface area contributed by atoms with Crippen LogP contribution in [0, 0.1) is 6.92 Å². The largest absolute Gasteiger partial charge is 0.378 e. The Hall–Kier alpha value is -1.82. The minimum absolute atomic E-state index is 0.0401. The molecule has 23 heavy (non-hydrogen) atoms. The fourth-order valence-electron chi connectivity index (χ4n) is 2.11. The normalized spacial score (nSPS) is 11.6. The Labute approximate surface area is 143 Å². The lowest BCUT2D eigenvalue weighted by Gasteiger charge is -2.10. The Bertz CT molecular complexity index is 1000. The van der Waals surface area contributed by atoms with Gasteiger partial charge in [0.1, 0.15) is 4.90 Å². The molecule has 0 bridgehead atoms. The molecule has 1 heterocycles. The highest BCUT2D eigenvalue weighted by molar-refractivity contribution is 7.87. The minimum atomic E-state index is -3.97. The van der Waals surface area contributed by atoms with Crippen LogP contribution in [0.3, 0.4) is 0 Å². The van der Waals surface area contributed by atoms with Gasteiger partial charge in [-0.05, 0) is 48.9 Å². The van der Waals surface area contributed by atoms with E-state index in [1.807, 2.05) is 0 Å². The first-order valence-electron chi connectivity index (χ1n) is 6.62. The molecule has 0 aliphatic rings. The number of fused-ring (bicyclic) bond motifs is 1. The Morgan fingerprint density at radius 2 is 1.83 bits per heavy atom. The van der Waals surface area contributed by atoms with Crippen LogP contribution in [-0.2, 0) is 10.1 Å². The molecule has 0 aliphatic heterocycles. The van der Waals surface area contributed by atoms with E-state index in [1.165, 1.54) is 30.5 Å². The van der Waals surface area contributed by atoms with Crippen LogP contribution < -0.4 is 4.18 Å². The van der Waals surface area contributed by atoms with Gasteiger partial charge < -0.3 is 4.18 Å². The van der Waals surface area contributed by atoms with Gasteiger partial charge in [0.15, 0.2) is 5.75 Å². The molecular formula is C16H11Cl2NO3S. The van der Waals surface area contributed by atoms with Crippen molar-refractivity contribution in [1.29, 1.82) is 0 Å². The van der Waals surface area contributed by atoms with Crippen molar-refractivity contribution in [2.45, 2.75) is 11.8 Å². The van der Waals surface area contributed by atoms with Crippen molar-refractivity contribution >= 4 is 44.2 Å². The van der Waals surface area contributed by atoms with E-state index in [1.54, 1.807) is 25.1 Å². The summed E-state index contributed by atoms with van der Waals surface area (Å²) in [5, 5.41) is 1.57. The third kappa shape index (κ3) is 3.27. The van der Waals surface area contributed by atoms with Crippen molar-refractivity contribution in [2.75, 3.05) is 0 Å². The predicted octanol–water partition coefficient (Wildman–Crippen LogP) is 4.62. The van der Waals surface area contributed by atoms with Gasteiger partial charge >= 0.3 is 10.1 Å². The molecule has 3 aromatic rings. The molecule has 0 radical (unpaired) electrons. The van der Waals surface area contributed by atoms with E-state index >= 15 is 0 Å². The first-order chi connectivity index (χ1) is 10.9. The molecule has 4 nitrogen and oxygen atoms in total. The average Bonchev–Trinajstić information content (AvgIpc) is 2.49. The summed E-state index contributed by atoms with van der Waals surface area (Å²) in [6.45, 7) is 1.73. The van der Waals surface area contributed by atoms with Gasteiger partial charge in [0.25, 0.3) is 0 Å². The van der Waals surface area contributed by atoms with Gasteiger partial charge in [0.2, 0.25) is 0 Å². The van der Waals surface area contributed by atoms with E-state index < -0.39 is 10.1 Å². The maximum Gasteiger partial charge on any atom is 0.339 e. The molecule has 0 saturated heterocycles. The van der Waals surface area contributed by atoms with Crippen molar-refractivity contribution < 1.29 is 12.6 Å². The maximum absolute atomic E-state index is 12.5. The average molecular weight is 368 g/mol. The van der Waals surface area contributed by atoms with Crippen LogP contribution in [0.2, 0.25) is 10.0 Å². The summed E-state index contributed by atoms with van der Waals surface area (Å²) in [4.78, 5) is 4.19. The lowest BCUT2D eigenvalue weighted by molar-refractivity contribution is 0.488. The fraction of sp³-hybridized carbons (Fsp3) is 0.0625. The van der Waals surface area contributed by atoms with Crippen LogP contribution in [0.4, 0.5) is 0 Å². The van der Waals surface area contributed by atoms with Crippen molar-refractivity contribution in [3.05, 3.63) is 64.3 Å². The third-order valence-corrected chi connectivity index (χ3v) is 5.17. The molecule has 7 heteroatoms. The van der Waals surface area contributed by atoms with Crippen LogP contribution in [-0.4, -0.2) is 13.4 Å². The van der Waals surface area contributed by atoms with Gasteiger partial charge in [-0.15, -0.1) is 0 Å². The SMILES string of the molecule is Cc1cc(S(=O)(=O)Oc2ccnc3cc(Cl)ccc23)ccc1Cl. The van der Waals surface area contributed by atoms with Crippen LogP contribution in [0.5, 0.6) is 5.75 Å². The van der Waals surface area contributed by atoms with Gasteiger partial charge in [-0.1, -0.05) is 23.2 Å². The fourth-order valence-corrected chi connectivity index (χ4v) is 3.42. The van der Waals surface area contributed by atoms with Gasteiger partial charge in [0.05, 0.1) is 5.52 Å². The number of hydrogen-bond donors (Lipinski definition) is 0. The van der Waals surface area contributed by atoms with Crippen molar-refractivity contribution in [3.8, 4) is 5.75 Å². The number of rotatable bonds is 3. The second-order valence-corrected chi connectivity index (χ2v) is 7.31. The summed E-state index contributed by atoms with van der Waals surface area (Å²) in [5.41, 5.74) is 1.21. The van der Waals surface area contributed by atoms with E-state index in [0.717, 1.165) is 0 Å². The second kappa shape index (κ2) is 6.00. The number of nitrogens with zero attached hydrogens (tertiary/aromatic N) is 1. The smallest absolute Gasteiger partial charge is 0.339 e. The van der Waals surface area contributed by atoms with E-state index in [9.17, 15) is 8.42 Å². The lowest BCUT2D eigenvalue weighted by Crippen LogP contribution is -2.10. The quantitative estimate of drug-likeness (QED) is 0.633. The molecule has 0 amide bonds. The Morgan fingerprint density at radius 3 is 2.57 bits per heavy atom. The first kappa shape index (κ1) is 16.1. The molecule has 0 saturated carbocycles. The van der Waals surface area contributed by atoms with Crippen molar-refractivity contribution in [3.63, 3.8) is 0 Å². The van der Waals surface area contributed by atoms with Crippen molar-refractivity contribution in [1.82, 2.24) is 4.98 Å². The van der Waals surface area contributed by atoms with Gasteiger partial charge in [-0.3, -0.25) is 4.98 Å². The maximum atomic E-state index is 12.5. The molecular weight excluding hydrogens is 357 g/mol. The van der Waals surface area contributed by atoms with Crippen LogP contribution in [0.1, 0.15) is 5.56 Å². The standard InChI is InChI=1S/C16H11Cl2NO3S/c1-10-8-12(3-5-14(10)18)23(20,21)22-16-6-7-19-15-9-11(17)2-4-13(15)16/h2-9H,1H3. The number of hydrogen-bond acceptors (Lipinski definition) is 4. The summed E-state index contributed by atoms with van der Waals surface area (Å²) in [5.74, 6) is 0.194. The van der Waals surface area contributed by atoms with Gasteiger partial charge in [-0.25, -0.2) is 0 Å². The molecule has 2 aromatic carbocycles. The zero-order valence-electron chi connectivity index (χ0n) is 12.0. The molecule has 0 N–H and O–H groups in total. The number of aryl methyl sites for hydroxylation is 1. The van der Waals surface area contributed by atoms with E-state index in [4.69, 9.17) is 27.4 Å². The molecule has 0 unspecified atom stereocenters. The molecule has 0 spiro atoms. The Kier molecular flexibility index (Phi) is 4.19. The molecule has 118 valence electrons. The molecule has 3 rings (SSSR count). The number of pyridine rings is 1. The van der Waals surface area contributed by atoms with E-state index in [2.05, 4.69) is 4.98 Å². The highest BCUT2D eigenvalue weighted by Crippen LogP contribution is 2.29. The zero-order chi connectivity index (χ0) is 16.6. The minimum Gasteiger partial charge on any atom is -0.378 e. The summed E-state index contributed by atoms with van der Waals surface area (Å²) in [6.07, 6.45) is 1.47. The third-order valence-electron chi connectivity index (χ3n) is 3.28. The van der Waals surface area contributed by atoms with Gasteiger partial charge in [-0.2, -0.15) is 8.42 Å². The highest BCUT2D eigenvalue weighted by Gasteiger charge is 2.19. The zero-order valence-corrected chi connectivity index (χ0v) is 14.3. The predicted molar refractivity (Wildman–Crippen MR) is 90.8 cm³/mol. The summed E-state index contributed by atoms with van der Waals surface area (Å²) >= 11 is 11.8. The summed E-state index contributed by atoms with van der Waals surface area (Å²) < 4.78 is 30.2. The van der Waals surface area contributed by atoms with Crippen LogP contribution >= 0.6 is 23.2 Å². The molecule has 0 fully saturated rings. The van der Waals surface area contributed by atoms with Crippen LogP contribution in [0.15, 0.2) is 53.6 Å². The van der Waals surface area contributed by atoms with Crippen molar-refractivity contribution in [2.24, 2.45) is 0 Å². The first-order valence-corrected chi connectivity index (χ1v) is 8.78. The second-order valence-electron chi connectivity index (χ2n) is 4.92. The molecule has 0 aliphatic carbocycles. The molecule has 0 atom stereocenters. The molecule has 1 aromatic heterocycles.